The molecule has 10 heteroatoms. The van der Waals surface area contributed by atoms with E-state index in [4.69, 9.17) is 11.6 Å². The predicted octanol–water partition coefficient (Wildman–Crippen LogP) is 6.12. The fraction of sp³-hybridized carbons (Fsp3) is 0.208. The number of hydrogen-bond donors (Lipinski definition) is 1. The standard InChI is InChI=1S/C24H22ClF3N2O3S/c1-15-4-8-19(9-5-15)34(32,33)30(22-11-6-16(2)12-17(22)3)14-23(31)29-18-7-10-21(25)20(13-18)24(26,27)28/h4-13H,14H2,1-3H3,(H,29,31). The number of rotatable bonds is 6. The first kappa shape index (κ1) is 25.6. The van der Waals surface area contributed by atoms with E-state index in [-0.39, 0.29) is 16.3 Å². The predicted molar refractivity (Wildman–Crippen MR) is 127 cm³/mol. The van der Waals surface area contributed by atoms with Crippen LogP contribution in [0.1, 0.15) is 22.3 Å². The van der Waals surface area contributed by atoms with Crippen LogP contribution in [0.25, 0.3) is 0 Å². The summed E-state index contributed by atoms with van der Waals surface area (Å²) >= 11 is 5.63. The van der Waals surface area contributed by atoms with Crippen molar-refractivity contribution in [3.63, 3.8) is 0 Å². The lowest BCUT2D eigenvalue weighted by molar-refractivity contribution is -0.137. The van der Waals surface area contributed by atoms with Crippen molar-refractivity contribution in [2.45, 2.75) is 31.8 Å². The number of alkyl halides is 3. The average Bonchev–Trinajstić information content (AvgIpc) is 2.73. The third-order valence-electron chi connectivity index (χ3n) is 5.07. The van der Waals surface area contributed by atoms with Crippen LogP contribution in [0.15, 0.2) is 65.6 Å². The summed E-state index contributed by atoms with van der Waals surface area (Å²) in [5.41, 5.74) is 1.40. The summed E-state index contributed by atoms with van der Waals surface area (Å²) in [4.78, 5) is 12.8. The minimum absolute atomic E-state index is 0.0169. The average molecular weight is 511 g/mol. The summed E-state index contributed by atoms with van der Waals surface area (Å²) in [7, 11) is -4.16. The van der Waals surface area contributed by atoms with Crippen LogP contribution in [0.5, 0.6) is 0 Å². The minimum Gasteiger partial charge on any atom is -0.324 e. The molecule has 0 atom stereocenters. The van der Waals surface area contributed by atoms with Crippen LogP contribution in [0.4, 0.5) is 24.5 Å². The Morgan fingerprint density at radius 2 is 1.56 bits per heavy atom. The van der Waals surface area contributed by atoms with Crippen LogP contribution in [0.2, 0.25) is 5.02 Å². The fourth-order valence-electron chi connectivity index (χ4n) is 3.37. The molecule has 3 aromatic carbocycles. The first-order chi connectivity index (χ1) is 15.8. The van der Waals surface area contributed by atoms with Crippen LogP contribution >= 0.6 is 11.6 Å². The van der Waals surface area contributed by atoms with E-state index in [9.17, 15) is 26.4 Å². The van der Waals surface area contributed by atoms with Crippen LogP contribution in [0.3, 0.4) is 0 Å². The van der Waals surface area contributed by atoms with Crippen molar-refractivity contribution in [2.24, 2.45) is 0 Å². The Hall–Kier alpha value is -3.04. The zero-order chi connectivity index (χ0) is 25.3. The Morgan fingerprint density at radius 3 is 2.15 bits per heavy atom. The molecule has 0 fully saturated rings. The molecule has 0 radical (unpaired) electrons. The molecule has 1 amide bonds. The summed E-state index contributed by atoms with van der Waals surface area (Å²) in [5, 5.41) is 1.83. The van der Waals surface area contributed by atoms with Gasteiger partial charge in [-0.1, -0.05) is 47.0 Å². The molecule has 0 saturated heterocycles. The summed E-state index contributed by atoms with van der Waals surface area (Å²) in [5.74, 6) is -0.814. The smallest absolute Gasteiger partial charge is 0.324 e. The maximum absolute atomic E-state index is 13.5. The van der Waals surface area contributed by atoms with Crippen molar-refractivity contribution in [3.05, 3.63) is 87.9 Å². The summed E-state index contributed by atoms with van der Waals surface area (Å²) < 4.78 is 67.4. The molecule has 0 aromatic heterocycles. The third kappa shape index (κ3) is 5.71. The molecule has 3 rings (SSSR count). The number of nitrogens with zero attached hydrogens (tertiary/aromatic N) is 1. The number of halogens is 4. The molecule has 0 saturated carbocycles. The second kappa shape index (κ2) is 9.68. The number of anilines is 2. The van der Waals surface area contributed by atoms with E-state index in [1.807, 2.05) is 13.8 Å². The van der Waals surface area contributed by atoms with Gasteiger partial charge >= 0.3 is 6.18 Å². The van der Waals surface area contributed by atoms with E-state index in [0.717, 1.165) is 21.5 Å². The summed E-state index contributed by atoms with van der Waals surface area (Å²) in [6.07, 6.45) is -4.71. The van der Waals surface area contributed by atoms with Gasteiger partial charge in [0, 0.05) is 5.69 Å². The molecular weight excluding hydrogens is 489 g/mol. The highest BCUT2D eigenvalue weighted by atomic mass is 35.5. The molecular formula is C24H22ClF3N2O3S. The van der Waals surface area contributed by atoms with Gasteiger partial charge in [0.05, 0.1) is 21.2 Å². The number of aryl methyl sites for hydroxylation is 3. The SMILES string of the molecule is Cc1ccc(S(=O)(=O)N(CC(=O)Nc2ccc(Cl)c(C(F)(F)F)c2)c2ccc(C)cc2C)cc1. The monoisotopic (exact) mass is 510 g/mol. The Bertz CT molecular complexity index is 1320. The Morgan fingerprint density at radius 1 is 0.941 bits per heavy atom. The van der Waals surface area contributed by atoms with Crippen LogP contribution in [0, 0.1) is 20.8 Å². The van der Waals surface area contributed by atoms with E-state index >= 15 is 0 Å². The topological polar surface area (TPSA) is 66.5 Å². The molecule has 0 spiro atoms. The number of carbonyl (C=O) groups excluding carboxylic acids is 1. The first-order valence-electron chi connectivity index (χ1n) is 10.1. The molecule has 3 aromatic rings. The highest BCUT2D eigenvalue weighted by Crippen LogP contribution is 2.36. The quantitative estimate of drug-likeness (QED) is 0.434. The molecule has 0 bridgehead atoms. The van der Waals surface area contributed by atoms with Gasteiger partial charge in [0.1, 0.15) is 6.54 Å². The number of hydrogen-bond acceptors (Lipinski definition) is 3. The van der Waals surface area contributed by atoms with E-state index in [0.29, 0.717) is 11.6 Å². The number of nitrogens with one attached hydrogen (secondary N) is 1. The van der Waals surface area contributed by atoms with Gasteiger partial charge in [-0.25, -0.2) is 8.42 Å². The van der Waals surface area contributed by atoms with Crippen LogP contribution in [-0.2, 0) is 21.0 Å². The highest BCUT2D eigenvalue weighted by Gasteiger charge is 2.34. The number of sulfonamides is 1. The molecule has 0 aliphatic carbocycles. The molecule has 0 aliphatic rings. The van der Waals surface area contributed by atoms with Gasteiger partial charge in [0.25, 0.3) is 10.0 Å². The first-order valence-corrected chi connectivity index (χ1v) is 11.9. The second-order valence-corrected chi connectivity index (χ2v) is 10.1. The molecule has 1 N–H and O–H groups in total. The number of carbonyl (C=O) groups is 1. The minimum atomic E-state index is -4.71. The molecule has 0 aliphatic heterocycles. The van der Waals surface area contributed by atoms with Crippen molar-refractivity contribution in [1.82, 2.24) is 0 Å². The summed E-state index contributed by atoms with van der Waals surface area (Å²) in [6, 6.07) is 14.2. The lowest BCUT2D eigenvalue weighted by atomic mass is 10.1. The van der Waals surface area contributed by atoms with Crippen molar-refractivity contribution in [1.29, 1.82) is 0 Å². The maximum Gasteiger partial charge on any atom is 0.417 e. The van der Waals surface area contributed by atoms with E-state index < -0.39 is 39.2 Å². The van der Waals surface area contributed by atoms with Gasteiger partial charge < -0.3 is 5.32 Å². The zero-order valence-corrected chi connectivity index (χ0v) is 20.1. The normalized spacial score (nSPS) is 11.9. The van der Waals surface area contributed by atoms with E-state index in [1.165, 1.54) is 18.2 Å². The van der Waals surface area contributed by atoms with E-state index in [1.54, 1.807) is 37.3 Å². The van der Waals surface area contributed by atoms with Gasteiger partial charge in [-0.15, -0.1) is 0 Å². The fourth-order valence-corrected chi connectivity index (χ4v) is 5.08. The van der Waals surface area contributed by atoms with Crippen molar-refractivity contribution in [3.8, 4) is 0 Å². The molecule has 5 nitrogen and oxygen atoms in total. The molecule has 0 heterocycles. The lowest BCUT2D eigenvalue weighted by Crippen LogP contribution is -2.38. The van der Waals surface area contributed by atoms with Crippen molar-refractivity contribution < 1.29 is 26.4 Å². The Labute approximate surface area is 201 Å². The molecule has 34 heavy (non-hydrogen) atoms. The maximum atomic E-state index is 13.5. The van der Waals surface area contributed by atoms with Crippen LogP contribution < -0.4 is 9.62 Å². The van der Waals surface area contributed by atoms with Gasteiger partial charge in [0.15, 0.2) is 0 Å². The van der Waals surface area contributed by atoms with Gasteiger partial charge in [-0.2, -0.15) is 13.2 Å². The lowest BCUT2D eigenvalue weighted by Gasteiger charge is -2.26. The molecule has 180 valence electrons. The zero-order valence-electron chi connectivity index (χ0n) is 18.6. The van der Waals surface area contributed by atoms with E-state index in [2.05, 4.69) is 5.32 Å². The Balaban J connectivity index is 1.98. The van der Waals surface area contributed by atoms with Crippen molar-refractivity contribution >= 4 is 38.9 Å². The molecule has 0 unspecified atom stereocenters. The highest BCUT2D eigenvalue weighted by molar-refractivity contribution is 7.92. The van der Waals surface area contributed by atoms with Crippen molar-refractivity contribution in [2.75, 3.05) is 16.2 Å². The second-order valence-electron chi connectivity index (χ2n) is 7.86. The number of benzene rings is 3. The van der Waals surface area contributed by atoms with Crippen LogP contribution in [-0.4, -0.2) is 20.9 Å². The Kier molecular flexibility index (Phi) is 7.28. The van der Waals surface area contributed by atoms with Gasteiger partial charge in [-0.3, -0.25) is 9.10 Å². The third-order valence-corrected chi connectivity index (χ3v) is 7.18. The summed E-state index contributed by atoms with van der Waals surface area (Å²) in [6.45, 7) is 4.73. The van der Waals surface area contributed by atoms with Gasteiger partial charge in [-0.05, 0) is 62.7 Å². The van der Waals surface area contributed by atoms with Gasteiger partial charge in [0.2, 0.25) is 5.91 Å². The largest absolute Gasteiger partial charge is 0.417 e. The number of amides is 1.